The van der Waals surface area contributed by atoms with Crippen LogP contribution in [0, 0.1) is 17.6 Å². The molecule has 116 valence electrons. The van der Waals surface area contributed by atoms with Gasteiger partial charge in [-0.2, -0.15) is 0 Å². The van der Waals surface area contributed by atoms with Crippen molar-refractivity contribution in [3.05, 3.63) is 29.8 Å². The fourth-order valence-electron chi connectivity index (χ4n) is 1.43. The van der Waals surface area contributed by atoms with E-state index in [0.29, 0.717) is 18.2 Å². The van der Waals surface area contributed by atoms with Crippen molar-refractivity contribution >= 4 is 17.4 Å². The Bertz CT molecular complexity index is 519. The molecule has 0 aliphatic heterocycles. The van der Waals surface area contributed by atoms with E-state index < -0.39 is 17.5 Å². The van der Waals surface area contributed by atoms with E-state index in [1.54, 1.807) is 0 Å². The number of rotatable bonds is 7. The Balaban J connectivity index is 2.37. The minimum atomic E-state index is -1.04. The maximum atomic E-state index is 12.9. The molecule has 0 radical (unpaired) electrons. The van der Waals surface area contributed by atoms with E-state index >= 15 is 0 Å². The number of hydrogen-bond acceptors (Lipinski definition) is 3. The monoisotopic (exact) mass is 299 g/mol. The second-order valence-corrected chi connectivity index (χ2v) is 4.97. The van der Waals surface area contributed by atoms with Gasteiger partial charge in [-0.3, -0.25) is 4.79 Å². The van der Waals surface area contributed by atoms with Gasteiger partial charge in [0.2, 0.25) is 0 Å². The predicted octanol–water partition coefficient (Wildman–Crippen LogP) is 2.63. The van der Waals surface area contributed by atoms with E-state index in [-0.39, 0.29) is 12.3 Å². The molecule has 7 heteroatoms. The number of amidine groups is 1. The molecule has 0 bridgehead atoms. The lowest BCUT2D eigenvalue weighted by Gasteiger charge is -2.06. The number of anilines is 1. The van der Waals surface area contributed by atoms with Crippen molar-refractivity contribution in [2.45, 2.75) is 26.7 Å². The van der Waals surface area contributed by atoms with Gasteiger partial charge in [0.15, 0.2) is 18.2 Å². The molecule has 5 nitrogen and oxygen atoms in total. The van der Waals surface area contributed by atoms with E-state index in [4.69, 9.17) is 10.6 Å². The van der Waals surface area contributed by atoms with Gasteiger partial charge in [0.1, 0.15) is 5.84 Å². The first kappa shape index (κ1) is 16.9. The van der Waals surface area contributed by atoms with Gasteiger partial charge in [0.05, 0.1) is 0 Å². The Kier molecular flexibility index (Phi) is 6.58. The lowest BCUT2D eigenvalue weighted by atomic mass is 10.1. The Morgan fingerprint density at radius 2 is 2.10 bits per heavy atom. The second-order valence-electron chi connectivity index (χ2n) is 4.97. The van der Waals surface area contributed by atoms with Crippen LogP contribution in [0.15, 0.2) is 23.4 Å². The zero-order valence-corrected chi connectivity index (χ0v) is 12.0. The third-order valence-electron chi connectivity index (χ3n) is 2.56. The Morgan fingerprint density at radius 3 is 2.71 bits per heavy atom. The van der Waals surface area contributed by atoms with Crippen molar-refractivity contribution in [1.82, 2.24) is 0 Å². The van der Waals surface area contributed by atoms with Crippen LogP contribution >= 0.6 is 0 Å². The van der Waals surface area contributed by atoms with Crippen molar-refractivity contribution < 1.29 is 18.4 Å². The maximum Gasteiger partial charge on any atom is 0.265 e. The largest absolute Gasteiger partial charge is 0.384 e. The van der Waals surface area contributed by atoms with Crippen LogP contribution in [0.1, 0.15) is 26.7 Å². The molecule has 0 heterocycles. The molecule has 0 unspecified atom stereocenters. The van der Waals surface area contributed by atoms with Gasteiger partial charge in [-0.15, -0.1) is 0 Å². The van der Waals surface area contributed by atoms with Crippen molar-refractivity contribution in [3.63, 3.8) is 0 Å². The molecule has 0 aliphatic rings. The van der Waals surface area contributed by atoms with Crippen LogP contribution in [0.25, 0.3) is 0 Å². The summed E-state index contributed by atoms with van der Waals surface area (Å²) in [5.41, 5.74) is 5.74. The molecule has 0 aromatic heterocycles. The summed E-state index contributed by atoms with van der Waals surface area (Å²) in [5.74, 6) is -1.75. The van der Waals surface area contributed by atoms with Gasteiger partial charge in [-0.1, -0.05) is 19.0 Å². The molecule has 0 aliphatic carbocycles. The number of carbonyl (C=O) groups is 1. The summed E-state index contributed by atoms with van der Waals surface area (Å²) in [4.78, 5) is 16.3. The summed E-state index contributed by atoms with van der Waals surface area (Å²) in [7, 11) is 0. The first-order valence-corrected chi connectivity index (χ1v) is 6.57. The quantitative estimate of drug-likeness (QED) is 0.461. The van der Waals surface area contributed by atoms with E-state index in [9.17, 15) is 13.6 Å². The number of benzene rings is 1. The molecule has 0 spiro atoms. The molecular weight excluding hydrogens is 280 g/mol. The number of halogens is 2. The minimum absolute atomic E-state index is 0.138. The summed E-state index contributed by atoms with van der Waals surface area (Å²) >= 11 is 0. The number of carbonyl (C=O) groups excluding carboxylic acids is 1. The lowest BCUT2D eigenvalue weighted by molar-refractivity contribution is -0.120. The standard InChI is InChI=1S/C14H19F2N3O2/c1-9(2)3-6-13(17)19-21-8-14(20)18-10-4-5-11(15)12(16)7-10/h4-5,7,9H,3,6,8H2,1-2H3,(H2,17,19)(H,18,20). The van der Waals surface area contributed by atoms with E-state index in [1.165, 1.54) is 6.07 Å². The SMILES string of the molecule is CC(C)CC/C(N)=N/OCC(=O)Nc1ccc(F)c(F)c1. The lowest BCUT2D eigenvalue weighted by Crippen LogP contribution is -2.19. The highest BCUT2D eigenvalue weighted by Crippen LogP contribution is 2.12. The average Bonchev–Trinajstić information content (AvgIpc) is 2.40. The van der Waals surface area contributed by atoms with Crippen molar-refractivity contribution in [2.75, 3.05) is 11.9 Å². The molecule has 1 rings (SSSR count). The molecule has 1 aromatic rings. The van der Waals surface area contributed by atoms with E-state index in [0.717, 1.165) is 18.6 Å². The number of hydrogen-bond donors (Lipinski definition) is 2. The number of oxime groups is 1. The highest BCUT2D eigenvalue weighted by atomic mass is 19.2. The van der Waals surface area contributed by atoms with E-state index in [2.05, 4.69) is 24.3 Å². The predicted molar refractivity (Wildman–Crippen MR) is 76.6 cm³/mol. The highest BCUT2D eigenvalue weighted by Gasteiger charge is 2.07. The average molecular weight is 299 g/mol. The van der Waals surface area contributed by atoms with Crippen LogP contribution in [0.4, 0.5) is 14.5 Å². The molecule has 21 heavy (non-hydrogen) atoms. The first-order valence-electron chi connectivity index (χ1n) is 6.57. The normalized spacial score (nSPS) is 11.6. The van der Waals surface area contributed by atoms with Crippen LogP contribution < -0.4 is 11.1 Å². The van der Waals surface area contributed by atoms with Crippen LogP contribution in [0.2, 0.25) is 0 Å². The van der Waals surface area contributed by atoms with Crippen LogP contribution in [0.5, 0.6) is 0 Å². The number of amides is 1. The summed E-state index contributed by atoms with van der Waals surface area (Å²) in [5, 5.41) is 5.96. The second kappa shape index (κ2) is 8.18. The third kappa shape index (κ3) is 6.69. The van der Waals surface area contributed by atoms with E-state index in [1.807, 2.05) is 0 Å². The van der Waals surface area contributed by atoms with Gasteiger partial charge in [-0.25, -0.2) is 8.78 Å². The van der Waals surface area contributed by atoms with Crippen LogP contribution in [-0.2, 0) is 9.63 Å². The maximum absolute atomic E-state index is 12.9. The molecule has 0 saturated carbocycles. The van der Waals surface area contributed by atoms with Crippen molar-refractivity contribution in [3.8, 4) is 0 Å². The Morgan fingerprint density at radius 1 is 1.38 bits per heavy atom. The van der Waals surface area contributed by atoms with Gasteiger partial charge >= 0.3 is 0 Å². The van der Waals surface area contributed by atoms with Gasteiger partial charge in [0, 0.05) is 18.2 Å². The number of nitrogens with two attached hydrogens (primary N) is 1. The fraction of sp³-hybridized carbons (Fsp3) is 0.429. The summed E-state index contributed by atoms with van der Waals surface area (Å²) in [6, 6.07) is 3.05. The first-order chi connectivity index (χ1) is 9.88. The van der Waals surface area contributed by atoms with Gasteiger partial charge in [0.25, 0.3) is 5.91 Å². The topological polar surface area (TPSA) is 76.7 Å². The van der Waals surface area contributed by atoms with Crippen molar-refractivity contribution in [2.24, 2.45) is 16.8 Å². The highest BCUT2D eigenvalue weighted by molar-refractivity contribution is 5.91. The van der Waals surface area contributed by atoms with Gasteiger partial charge < -0.3 is 15.9 Å². The molecule has 1 amide bonds. The molecule has 3 N–H and O–H groups in total. The number of nitrogens with zero attached hydrogens (tertiary/aromatic N) is 1. The van der Waals surface area contributed by atoms with Crippen LogP contribution in [0.3, 0.4) is 0 Å². The summed E-state index contributed by atoms with van der Waals surface area (Å²) < 4.78 is 25.7. The Labute approximate surface area is 122 Å². The summed E-state index contributed by atoms with van der Waals surface area (Å²) in [6.45, 7) is 3.76. The van der Waals surface area contributed by atoms with Gasteiger partial charge in [-0.05, 0) is 24.5 Å². The van der Waals surface area contributed by atoms with Crippen molar-refractivity contribution in [1.29, 1.82) is 0 Å². The smallest absolute Gasteiger partial charge is 0.265 e. The molecule has 0 atom stereocenters. The third-order valence-corrected chi connectivity index (χ3v) is 2.56. The zero-order valence-electron chi connectivity index (χ0n) is 12.0. The number of nitrogens with one attached hydrogen (secondary N) is 1. The Hall–Kier alpha value is -2.18. The molecular formula is C14H19F2N3O2. The molecule has 0 saturated heterocycles. The molecule has 1 aromatic carbocycles. The molecule has 0 fully saturated rings. The summed E-state index contributed by atoms with van der Waals surface area (Å²) in [6.07, 6.45) is 1.46. The zero-order chi connectivity index (χ0) is 15.8. The van der Waals surface area contributed by atoms with Crippen LogP contribution in [-0.4, -0.2) is 18.3 Å². The minimum Gasteiger partial charge on any atom is -0.384 e. The fourth-order valence-corrected chi connectivity index (χ4v) is 1.43.